The quantitative estimate of drug-likeness (QED) is 0.646. The lowest BCUT2D eigenvalue weighted by Crippen LogP contribution is -2.41. The van der Waals surface area contributed by atoms with Gasteiger partial charge in [-0.15, -0.1) is 0 Å². The average Bonchev–Trinajstić information content (AvgIpc) is 1.98. The fraction of sp³-hybridized carbons (Fsp3) is 1.00. The Bertz CT molecular complexity index is 116. The van der Waals surface area contributed by atoms with Gasteiger partial charge in [0.1, 0.15) is 0 Å². The van der Waals surface area contributed by atoms with Crippen molar-refractivity contribution in [3.05, 3.63) is 0 Å². The van der Waals surface area contributed by atoms with E-state index in [-0.39, 0.29) is 0 Å². The minimum atomic E-state index is 0.809. The number of rotatable bonds is 2. The molecule has 0 aromatic carbocycles. The van der Waals surface area contributed by atoms with Crippen LogP contribution in [0.2, 0.25) is 0 Å². The topological polar surface area (TPSA) is 3.24 Å². The number of nitrogens with zero attached hydrogens (tertiary/aromatic N) is 1. The van der Waals surface area contributed by atoms with Crippen molar-refractivity contribution in [2.75, 3.05) is 18.4 Å². The summed E-state index contributed by atoms with van der Waals surface area (Å²) >= 11 is 3.49. The van der Waals surface area contributed by atoms with Crippen LogP contribution in [0.25, 0.3) is 0 Å². The zero-order valence-electron chi connectivity index (χ0n) is 7.52. The second kappa shape index (κ2) is 4.46. The van der Waals surface area contributed by atoms with Crippen LogP contribution in [-0.4, -0.2) is 29.4 Å². The summed E-state index contributed by atoms with van der Waals surface area (Å²) in [6.07, 6.45) is 2.80. The van der Waals surface area contributed by atoms with Gasteiger partial charge in [-0.1, -0.05) is 22.9 Å². The SMILES string of the molecule is CC1CCC(C)N(CCBr)C1. The highest BCUT2D eigenvalue weighted by Crippen LogP contribution is 2.20. The van der Waals surface area contributed by atoms with Gasteiger partial charge >= 0.3 is 0 Å². The van der Waals surface area contributed by atoms with Crippen LogP contribution in [0.1, 0.15) is 26.7 Å². The molecule has 0 aromatic rings. The van der Waals surface area contributed by atoms with E-state index in [9.17, 15) is 0 Å². The van der Waals surface area contributed by atoms with Crippen LogP contribution >= 0.6 is 15.9 Å². The van der Waals surface area contributed by atoms with Gasteiger partial charge in [-0.25, -0.2) is 0 Å². The molecule has 1 fully saturated rings. The predicted molar refractivity (Wildman–Crippen MR) is 53.2 cm³/mol. The molecule has 2 heteroatoms. The fourth-order valence-corrected chi connectivity index (χ4v) is 2.26. The normalized spacial score (nSPS) is 34.1. The van der Waals surface area contributed by atoms with Gasteiger partial charge in [0.25, 0.3) is 0 Å². The third-order valence-corrected chi connectivity index (χ3v) is 2.97. The minimum absolute atomic E-state index is 0.809. The molecule has 0 amide bonds. The van der Waals surface area contributed by atoms with Crippen molar-refractivity contribution >= 4 is 15.9 Å². The summed E-state index contributed by atoms with van der Waals surface area (Å²) in [5.74, 6) is 0.908. The molecule has 1 nitrogen and oxygen atoms in total. The zero-order valence-corrected chi connectivity index (χ0v) is 9.10. The van der Waals surface area contributed by atoms with E-state index in [1.807, 2.05) is 0 Å². The van der Waals surface area contributed by atoms with Gasteiger partial charge < -0.3 is 0 Å². The lowest BCUT2D eigenvalue weighted by molar-refractivity contribution is 0.134. The Morgan fingerprint density at radius 2 is 2.09 bits per heavy atom. The largest absolute Gasteiger partial charge is 0.300 e. The number of likely N-dealkylation sites (tertiary alicyclic amines) is 1. The van der Waals surface area contributed by atoms with E-state index in [2.05, 4.69) is 34.7 Å². The van der Waals surface area contributed by atoms with E-state index in [0.717, 1.165) is 17.3 Å². The highest BCUT2D eigenvalue weighted by atomic mass is 79.9. The molecular formula is C9H18BrN. The highest BCUT2D eigenvalue weighted by Gasteiger charge is 2.21. The Morgan fingerprint density at radius 1 is 1.36 bits per heavy atom. The number of hydrogen-bond donors (Lipinski definition) is 0. The summed E-state index contributed by atoms with van der Waals surface area (Å²) in [5, 5.41) is 1.12. The molecule has 66 valence electrons. The number of piperidine rings is 1. The van der Waals surface area contributed by atoms with Crippen molar-refractivity contribution in [2.24, 2.45) is 5.92 Å². The Balaban J connectivity index is 2.34. The van der Waals surface area contributed by atoms with Gasteiger partial charge in [0.15, 0.2) is 0 Å². The first-order chi connectivity index (χ1) is 5.24. The number of halogens is 1. The maximum Gasteiger partial charge on any atom is 0.0159 e. The van der Waals surface area contributed by atoms with E-state index in [4.69, 9.17) is 0 Å². The molecule has 0 bridgehead atoms. The number of alkyl halides is 1. The van der Waals surface area contributed by atoms with Crippen LogP contribution < -0.4 is 0 Å². The molecule has 1 saturated heterocycles. The molecule has 1 heterocycles. The summed E-state index contributed by atoms with van der Waals surface area (Å²) in [6.45, 7) is 7.21. The Labute approximate surface area is 78.3 Å². The highest BCUT2D eigenvalue weighted by molar-refractivity contribution is 9.09. The summed E-state index contributed by atoms with van der Waals surface area (Å²) in [5.41, 5.74) is 0. The van der Waals surface area contributed by atoms with E-state index in [1.165, 1.54) is 25.9 Å². The lowest BCUT2D eigenvalue weighted by atomic mass is 9.95. The first kappa shape index (κ1) is 9.53. The van der Waals surface area contributed by atoms with Crippen LogP contribution in [0.5, 0.6) is 0 Å². The third-order valence-electron chi connectivity index (χ3n) is 2.62. The molecule has 0 spiro atoms. The summed E-state index contributed by atoms with van der Waals surface area (Å²) in [6, 6.07) is 0.809. The van der Waals surface area contributed by atoms with Crippen molar-refractivity contribution in [1.82, 2.24) is 4.90 Å². The van der Waals surface area contributed by atoms with E-state index < -0.39 is 0 Å². The van der Waals surface area contributed by atoms with E-state index in [0.29, 0.717) is 0 Å². The van der Waals surface area contributed by atoms with Crippen molar-refractivity contribution in [3.63, 3.8) is 0 Å². The van der Waals surface area contributed by atoms with Crippen LogP contribution in [0, 0.1) is 5.92 Å². The van der Waals surface area contributed by atoms with Crippen LogP contribution in [-0.2, 0) is 0 Å². The van der Waals surface area contributed by atoms with Gasteiger partial charge in [0, 0.05) is 24.5 Å². The Kier molecular flexibility index (Phi) is 3.86. The van der Waals surface area contributed by atoms with E-state index >= 15 is 0 Å². The first-order valence-corrected chi connectivity index (χ1v) is 5.66. The molecule has 0 radical (unpaired) electrons. The monoisotopic (exact) mass is 219 g/mol. The number of hydrogen-bond acceptors (Lipinski definition) is 1. The van der Waals surface area contributed by atoms with E-state index in [1.54, 1.807) is 0 Å². The molecule has 2 unspecified atom stereocenters. The van der Waals surface area contributed by atoms with Gasteiger partial charge in [0.05, 0.1) is 0 Å². The second-order valence-electron chi connectivity index (χ2n) is 3.72. The van der Waals surface area contributed by atoms with Gasteiger partial charge in [-0.3, -0.25) is 4.90 Å². The fourth-order valence-electron chi connectivity index (χ4n) is 1.80. The Hall–Kier alpha value is 0.440. The van der Waals surface area contributed by atoms with Crippen molar-refractivity contribution in [3.8, 4) is 0 Å². The standard InChI is InChI=1S/C9H18BrN/c1-8-3-4-9(2)11(7-8)6-5-10/h8-9H,3-7H2,1-2H3. The third kappa shape index (κ3) is 2.75. The summed E-state index contributed by atoms with van der Waals surface area (Å²) < 4.78 is 0. The molecule has 2 atom stereocenters. The van der Waals surface area contributed by atoms with Crippen LogP contribution in [0.3, 0.4) is 0 Å². The predicted octanol–water partition coefficient (Wildman–Crippen LogP) is 2.50. The molecule has 0 aromatic heterocycles. The molecule has 0 aliphatic carbocycles. The lowest BCUT2D eigenvalue weighted by Gasteiger charge is -2.36. The van der Waals surface area contributed by atoms with Crippen molar-refractivity contribution in [1.29, 1.82) is 0 Å². The molecule has 1 aliphatic rings. The van der Waals surface area contributed by atoms with Crippen LogP contribution in [0.15, 0.2) is 0 Å². The summed E-state index contributed by atoms with van der Waals surface area (Å²) in [7, 11) is 0. The van der Waals surface area contributed by atoms with Crippen molar-refractivity contribution in [2.45, 2.75) is 32.7 Å². The molecular weight excluding hydrogens is 202 g/mol. The van der Waals surface area contributed by atoms with Crippen LogP contribution in [0.4, 0.5) is 0 Å². The minimum Gasteiger partial charge on any atom is -0.300 e. The maximum absolute atomic E-state index is 3.49. The molecule has 1 rings (SSSR count). The zero-order chi connectivity index (χ0) is 8.27. The first-order valence-electron chi connectivity index (χ1n) is 4.54. The Morgan fingerprint density at radius 3 is 2.73 bits per heavy atom. The average molecular weight is 220 g/mol. The maximum atomic E-state index is 3.49. The molecule has 0 saturated carbocycles. The second-order valence-corrected chi connectivity index (χ2v) is 4.51. The molecule has 0 N–H and O–H groups in total. The summed E-state index contributed by atoms with van der Waals surface area (Å²) in [4.78, 5) is 2.59. The molecule has 1 aliphatic heterocycles. The van der Waals surface area contributed by atoms with Crippen molar-refractivity contribution < 1.29 is 0 Å². The van der Waals surface area contributed by atoms with Gasteiger partial charge in [-0.05, 0) is 25.7 Å². The molecule has 11 heavy (non-hydrogen) atoms. The van der Waals surface area contributed by atoms with Gasteiger partial charge in [0.2, 0.25) is 0 Å². The smallest absolute Gasteiger partial charge is 0.0159 e. The van der Waals surface area contributed by atoms with Gasteiger partial charge in [-0.2, -0.15) is 0 Å².